The highest BCUT2D eigenvalue weighted by Crippen LogP contribution is 2.33. The molecule has 1 aliphatic heterocycles. The third kappa shape index (κ3) is 2.94. The fourth-order valence-electron chi connectivity index (χ4n) is 3.03. The summed E-state index contributed by atoms with van der Waals surface area (Å²) in [6, 6.07) is 6.94. The van der Waals surface area contributed by atoms with Crippen LogP contribution in [0.4, 0.5) is 4.79 Å². The van der Waals surface area contributed by atoms with Gasteiger partial charge in [0.1, 0.15) is 0 Å². The van der Waals surface area contributed by atoms with Gasteiger partial charge in [-0.1, -0.05) is 0 Å². The van der Waals surface area contributed by atoms with Gasteiger partial charge in [-0.3, -0.25) is 14.5 Å². The van der Waals surface area contributed by atoms with Gasteiger partial charge in [0.15, 0.2) is 0 Å². The van der Waals surface area contributed by atoms with Gasteiger partial charge in [-0.05, 0) is 74.0 Å². The summed E-state index contributed by atoms with van der Waals surface area (Å²) in [4.78, 5) is 36.4. The van der Waals surface area contributed by atoms with Crippen LogP contribution < -0.4 is 0 Å². The lowest BCUT2D eigenvalue weighted by molar-refractivity contribution is -0.121. The van der Waals surface area contributed by atoms with Crippen molar-refractivity contribution in [2.24, 2.45) is 0 Å². The van der Waals surface area contributed by atoms with Crippen LogP contribution in [-0.4, -0.2) is 38.7 Å². The van der Waals surface area contributed by atoms with Crippen LogP contribution in [0, 0.1) is 20.8 Å². The van der Waals surface area contributed by atoms with E-state index in [2.05, 4.69) is 0 Å². The van der Waals surface area contributed by atoms with E-state index in [0.29, 0.717) is 4.91 Å². The first-order valence-electron chi connectivity index (χ1n) is 7.95. The molecule has 1 fully saturated rings. The van der Waals surface area contributed by atoms with Crippen LogP contribution in [0.5, 0.6) is 0 Å². The van der Waals surface area contributed by atoms with E-state index in [1.165, 1.54) is 7.05 Å². The smallest absolute Gasteiger partial charge is 0.335 e. The van der Waals surface area contributed by atoms with E-state index in [0.717, 1.165) is 44.9 Å². The van der Waals surface area contributed by atoms with E-state index >= 15 is 0 Å². The molecule has 26 heavy (non-hydrogen) atoms. The van der Waals surface area contributed by atoms with Gasteiger partial charge in [0, 0.05) is 24.1 Å². The number of rotatable bonds is 3. The quantitative estimate of drug-likeness (QED) is 0.832. The molecule has 6 nitrogen and oxygen atoms in total. The molecule has 0 unspecified atom stereocenters. The molecular formula is C19H18N2O4S. The fourth-order valence-corrected chi connectivity index (χ4v) is 3.85. The second-order valence-electron chi connectivity index (χ2n) is 6.21. The molecule has 2 heterocycles. The molecule has 2 aromatic rings. The van der Waals surface area contributed by atoms with Crippen molar-refractivity contribution in [3.63, 3.8) is 0 Å². The standard InChI is InChI=1S/C19H18N2O4S/c1-10-7-13(18(23)24)5-6-15(10)21-11(2)8-14(12(21)3)9-16-17(22)20(4)19(25)26-16/h5-9H,1-4H3,(H,23,24)/b16-9-. The van der Waals surface area contributed by atoms with E-state index in [4.69, 9.17) is 5.11 Å². The largest absolute Gasteiger partial charge is 0.478 e. The van der Waals surface area contributed by atoms with Crippen LogP contribution in [0.25, 0.3) is 11.8 Å². The lowest BCUT2D eigenvalue weighted by Gasteiger charge is -2.13. The Morgan fingerprint density at radius 1 is 1.15 bits per heavy atom. The molecule has 0 spiro atoms. The van der Waals surface area contributed by atoms with Gasteiger partial charge in [0.05, 0.1) is 10.5 Å². The lowest BCUT2D eigenvalue weighted by Crippen LogP contribution is -2.22. The number of nitrogens with zero attached hydrogens (tertiary/aromatic N) is 2. The van der Waals surface area contributed by atoms with Gasteiger partial charge in [0.2, 0.25) is 0 Å². The summed E-state index contributed by atoms with van der Waals surface area (Å²) in [5.74, 6) is -1.26. The maximum atomic E-state index is 12.1. The number of carboxylic acid groups (broad SMARTS) is 1. The van der Waals surface area contributed by atoms with Crippen molar-refractivity contribution in [3.05, 3.63) is 57.2 Å². The van der Waals surface area contributed by atoms with Gasteiger partial charge in [-0.2, -0.15) is 0 Å². The molecule has 0 saturated carbocycles. The maximum absolute atomic E-state index is 12.1. The Morgan fingerprint density at radius 2 is 1.85 bits per heavy atom. The number of amides is 2. The maximum Gasteiger partial charge on any atom is 0.335 e. The first-order valence-corrected chi connectivity index (χ1v) is 8.77. The molecule has 0 radical (unpaired) electrons. The van der Waals surface area contributed by atoms with Crippen molar-refractivity contribution in [1.82, 2.24) is 9.47 Å². The minimum atomic E-state index is -0.962. The molecule has 1 aromatic carbocycles. The average molecular weight is 370 g/mol. The fraction of sp³-hybridized carbons (Fsp3) is 0.211. The van der Waals surface area contributed by atoms with Crippen LogP contribution in [0.3, 0.4) is 0 Å². The van der Waals surface area contributed by atoms with Crippen molar-refractivity contribution in [3.8, 4) is 5.69 Å². The molecule has 7 heteroatoms. The molecule has 1 N–H and O–H groups in total. The minimum Gasteiger partial charge on any atom is -0.478 e. The lowest BCUT2D eigenvalue weighted by atomic mass is 10.1. The number of aromatic carboxylic acids is 1. The van der Waals surface area contributed by atoms with E-state index in [-0.39, 0.29) is 16.7 Å². The number of thioether (sulfide) groups is 1. The zero-order chi connectivity index (χ0) is 19.2. The van der Waals surface area contributed by atoms with Crippen molar-refractivity contribution >= 4 is 35.0 Å². The summed E-state index contributed by atoms with van der Waals surface area (Å²) in [6.45, 7) is 5.74. The summed E-state index contributed by atoms with van der Waals surface area (Å²) in [6.07, 6.45) is 1.73. The van der Waals surface area contributed by atoms with Crippen molar-refractivity contribution in [2.45, 2.75) is 20.8 Å². The van der Waals surface area contributed by atoms with Crippen LogP contribution in [0.2, 0.25) is 0 Å². The Kier molecular flexibility index (Phi) is 4.50. The molecular weight excluding hydrogens is 352 g/mol. The summed E-state index contributed by atoms with van der Waals surface area (Å²) in [5.41, 5.74) is 4.68. The molecule has 2 amide bonds. The van der Waals surface area contributed by atoms with Gasteiger partial charge >= 0.3 is 5.97 Å². The van der Waals surface area contributed by atoms with Crippen molar-refractivity contribution in [2.75, 3.05) is 7.05 Å². The van der Waals surface area contributed by atoms with Crippen LogP contribution in [0.1, 0.15) is 32.9 Å². The highest BCUT2D eigenvalue weighted by Gasteiger charge is 2.32. The highest BCUT2D eigenvalue weighted by atomic mass is 32.2. The Labute approximate surface area is 155 Å². The number of imide groups is 1. The van der Waals surface area contributed by atoms with Crippen molar-refractivity contribution < 1.29 is 19.5 Å². The number of benzene rings is 1. The second kappa shape index (κ2) is 6.49. The third-order valence-electron chi connectivity index (χ3n) is 4.43. The molecule has 1 aliphatic rings. The second-order valence-corrected chi connectivity index (χ2v) is 7.20. The monoisotopic (exact) mass is 370 g/mol. The predicted octanol–water partition coefficient (Wildman–Crippen LogP) is 3.77. The summed E-state index contributed by atoms with van der Waals surface area (Å²) in [5, 5.41) is 8.85. The van der Waals surface area contributed by atoms with E-state index in [1.54, 1.807) is 24.3 Å². The van der Waals surface area contributed by atoms with Crippen LogP contribution >= 0.6 is 11.8 Å². The Hall–Kier alpha value is -2.80. The predicted molar refractivity (Wildman–Crippen MR) is 101 cm³/mol. The zero-order valence-corrected chi connectivity index (χ0v) is 15.7. The normalized spacial score (nSPS) is 16.0. The number of hydrogen-bond donors (Lipinski definition) is 1. The summed E-state index contributed by atoms with van der Waals surface area (Å²) >= 11 is 0.929. The molecule has 1 aromatic heterocycles. The molecule has 134 valence electrons. The number of hydrogen-bond acceptors (Lipinski definition) is 4. The van der Waals surface area contributed by atoms with Gasteiger partial charge in [-0.15, -0.1) is 0 Å². The molecule has 0 bridgehead atoms. The number of aromatic nitrogens is 1. The molecule has 3 rings (SSSR count). The number of carboxylic acids is 1. The SMILES string of the molecule is Cc1cc(C(=O)O)ccc1-n1c(C)cc(/C=C2\SC(=O)N(C)C2=O)c1C. The Morgan fingerprint density at radius 3 is 2.38 bits per heavy atom. The first kappa shape index (κ1) is 18.0. The van der Waals surface area contributed by atoms with E-state index in [9.17, 15) is 14.4 Å². The van der Waals surface area contributed by atoms with Gasteiger partial charge < -0.3 is 9.67 Å². The van der Waals surface area contributed by atoms with E-state index in [1.807, 2.05) is 31.4 Å². The third-order valence-corrected chi connectivity index (χ3v) is 5.39. The summed E-state index contributed by atoms with van der Waals surface area (Å²) < 4.78 is 2.02. The molecule has 1 saturated heterocycles. The minimum absolute atomic E-state index is 0.241. The van der Waals surface area contributed by atoms with Crippen LogP contribution in [-0.2, 0) is 4.79 Å². The van der Waals surface area contributed by atoms with Crippen molar-refractivity contribution in [1.29, 1.82) is 0 Å². The number of likely N-dealkylation sites (N-methyl/N-ethyl adjacent to an activating group) is 1. The number of aryl methyl sites for hydroxylation is 2. The first-order chi connectivity index (χ1) is 12.2. The Balaban J connectivity index is 2.06. The Bertz CT molecular complexity index is 988. The number of carbonyl (C=O) groups excluding carboxylic acids is 2. The van der Waals surface area contributed by atoms with E-state index < -0.39 is 5.97 Å². The number of carbonyl (C=O) groups is 3. The summed E-state index contributed by atoms with van der Waals surface area (Å²) in [7, 11) is 1.47. The highest BCUT2D eigenvalue weighted by molar-refractivity contribution is 8.18. The molecule has 0 aliphatic carbocycles. The topological polar surface area (TPSA) is 79.6 Å². The molecule has 0 atom stereocenters. The average Bonchev–Trinajstić information content (AvgIpc) is 2.98. The zero-order valence-electron chi connectivity index (χ0n) is 14.9. The van der Waals surface area contributed by atoms with Crippen LogP contribution in [0.15, 0.2) is 29.2 Å². The van der Waals surface area contributed by atoms with Gasteiger partial charge in [-0.25, -0.2) is 4.79 Å². The van der Waals surface area contributed by atoms with Gasteiger partial charge in [0.25, 0.3) is 11.1 Å².